The molecule has 0 saturated heterocycles. The number of ketones is 1. The summed E-state index contributed by atoms with van der Waals surface area (Å²) in [6.07, 6.45) is 2.78. The van der Waals surface area contributed by atoms with Crippen molar-refractivity contribution in [2.24, 2.45) is 0 Å². The first-order valence-electron chi connectivity index (χ1n) is 5.64. The van der Waals surface area contributed by atoms with Crippen molar-refractivity contribution >= 4 is 17.5 Å². The molecule has 1 aromatic rings. The Hall–Kier alpha value is -1.02. The molecule has 2 rings (SSSR count). The van der Waals surface area contributed by atoms with Gasteiger partial charge < -0.3 is 0 Å². The summed E-state index contributed by atoms with van der Waals surface area (Å²) >= 11 is 1.74. The number of carbonyl (C=O) groups is 1. The zero-order valence-corrected chi connectivity index (χ0v) is 10.6. The van der Waals surface area contributed by atoms with Gasteiger partial charge in [-0.05, 0) is 43.7 Å². The van der Waals surface area contributed by atoms with Gasteiger partial charge in [-0.2, -0.15) is 0 Å². The number of hydrogen-bond acceptors (Lipinski definition) is 2. The lowest BCUT2D eigenvalue weighted by Crippen LogP contribution is -2.07. The quantitative estimate of drug-likeness (QED) is 0.763. The Morgan fingerprint density at radius 1 is 1.06 bits per heavy atom. The Balaban J connectivity index is 2.18. The predicted octanol–water partition coefficient (Wildman–Crippen LogP) is 4.11. The molecule has 0 bridgehead atoms. The van der Waals surface area contributed by atoms with Crippen LogP contribution in [-0.2, 0) is 4.79 Å². The zero-order chi connectivity index (χ0) is 11.5. The second kappa shape index (κ2) is 4.88. The summed E-state index contributed by atoms with van der Waals surface area (Å²) in [5.41, 5.74) is 2.24. The summed E-state index contributed by atoms with van der Waals surface area (Å²) in [6.45, 7) is 4.04. The summed E-state index contributed by atoms with van der Waals surface area (Å²) < 4.78 is 0. The zero-order valence-electron chi connectivity index (χ0n) is 9.75. The number of hydrogen-bond donors (Lipinski definition) is 0. The highest BCUT2D eigenvalue weighted by molar-refractivity contribution is 8.03. The molecular formula is C14H16OS. The normalized spacial score (nSPS) is 16.8. The standard InChI is InChI=1S/C14H16OS/c1-10-6-8-12(9-7-10)16-14-5-3-4-13(15)11(14)2/h6-9H,3-5H2,1-2H3. The molecule has 1 nitrogen and oxygen atoms in total. The average molecular weight is 232 g/mol. The summed E-state index contributed by atoms with van der Waals surface area (Å²) in [6, 6.07) is 8.48. The summed E-state index contributed by atoms with van der Waals surface area (Å²) in [5, 5.41) is 0. The lowest BCUT2D eigenvalue weighted by Gasteiger charge is -2.16. The molecule has 2 heteroatoms. The van der Waals surface area contributed by atoms with Crippen molar-refractivity contribution in [1.82, 2.24) is 0 Å². The Bertz CT molecular complexity index is 429. The molecular weight excluding hydrogens is 216 g/mol. The van der Waals surface area contributed by atoms with E-state index in [0.29, 0.717) is 5.78 Å². The van der Waals surface area contributed by atoms with Gasteiger partial charge in [0, 0.05) is 16.9 Å². The SMILES string of the molecule is CC1=C(Sc2ccc(C)cc2)CCCC1=O. The van der Waals surface area contributed by atoms with E-state index in [1.165, 1.54) is 15.4 Å². The molecule has 0 aliphatic heterocycles. The molecule has 0 amide bonds. The Morgan fingerprint density at radius 2 is 1.75 bits per heavy atom. The topological polar surface area (TPSA) is 17.1 Å². The van der Waals surface area contributed by atoms with Gasteiger partial charge in [-0.15, -0.1) is 0 Å². The monoisotopic (exact) mass is 232 g/mol. The van der Waals surface area contributed by atoms with Gasteiger partial charge >= 0.3 is 0 Å². The number of benzene rings is 1. The molecule has 0 saturated carbocycles. The highest BCUT2D eigenvalue weighted by Crippen LogP contribution is 2.35. The third-order valence-corrected chi connectivity index (χ3v) is 4.17. The van der Waals surface area contributed by atoms with E-state index >= 15 is 0 Å². The summed E-state index contributed by atoms with van der Waals surface area (Å²) in [5.74, 6) is 0.320. The molecule has 1 aliphatic carbocycles. The second-order valence-corrected chi connectivity index (χ2v) is 5.41. The van der Waals surface area contributed by atoms with Crippen LogP contribution < -0.4 is 0 Å². The molecule has 16 heavy (non-hydrogen) atoms. The van der Waals surface area contributed by atoms with Gasteiger partial charge in [0.25, 0.3) is 0 Å². The average Bonchev–Trinajstić information content (AvgIpc) is 2.28. The van der Waals surface area contributed by atoms with Crippen LogP contribution in [0.5, 0.6) is 0 Å². The molecule has 0 spiro atoms. The number of carbonyl (C=O) groups excluding carboxylic acids is 1. The lowest BCUT2D eigenvalue weighted by molar-refractivity contribution is -0.115. The highest BCUT2D eigenvalue weighted by Gasteiger charge is 2.17. The van der Waals surface area contributed by atoms with Crippen LogP contribution >= 0.6 is 11.8 Å². The van der Waals surface area contributed by atoms with E-state index < -0.39 is 0 Å². The van der Waals surface area contributed by atoms with Crippen molar-refractivity contribution in [3.05, 3.63) is 40.3 Å². The maximum absolute atomic E-state index is 11.6. The van der Waals surface area contributed by atoms with Gasteiger partial charge in [-0.3, -0.25) is 4.79 Å². The molecule has 1 aromatic carbocycles. The van der Waals surface area contributed by atoms with Crippen LogP contribution in [0.25, 0.3) is 0 Å². The first-order chi connectivity index (χ1) is 7.66. The minimum Gasteiger partial charge on any atom is -0.295 e. The Morgan fingerprint density at radius 3 is 2.44 bits per heavy atom. The highest BCUT2D eigenvalue weighted by atomic mass is 32.2. The van der Waals surface area contributed by atoms with Crippen molar-refractivity contribution in [2.75, 3.05) is 0 Å². The van der Waals surface area contributed by atoms with Crippen molar-refractivity contribution < 1.29 is 4.79 Å². The first-order valence-corrected chi connectivity index (χ1v) is 6.46. The minimum atomic E-state index is 0.320. The summed E-state index contributed by atoms with van der Waals surface area (Å²) in [7, 11) is 0. The third-order valence-electron chi connectivity index (χ3n) is 2.91. The van der Waals surface area contributed by atoms with Crippen LogP contribution in [-0.4, -0.2) is 5.78 Å². The van der Waals surface area contributed by atoms with Crippen molar-refractivity contribution in [1.29, 1.82) is 0 Å². The maximum Gasteiger partial charge on any atom is 0.159 e. The number of thioether (sulfide) groups is 1. The smallest absolute Gasteiger partial charge is 0.159 e. The lowest BCUT2D eigenvalue weighted by atomic mass is 9.99. The van der Waals surface area contributed by atoms with Crippen LogP contribution in [0.4, 0.5) is 0 Å². The molecule has 0 fully saturated rings. The molecule has 0 unspecified atom stereocenters. The van der Waals surface area contributed by atoms with Gasteiger partial charge in [-0.1, -0.05) is 29.5 Å². The van der Waals surface area contributed by atoms with Gasteiger partial charge in [0.1, 0.15) is 0 Å². The van der Waals surface area contributed by atoms with Gasteiger partial charge in [0.15, 0.2) is 5.78 Å². The van der Waals surface area contributed by atoms with Crippen molar-refractivity contribution in [3.8, 4) is 0 Å². The maximum atomic E-state index is 11.6. The fraction of sp³-hybridized carbons (Fsp3) is 0.357. The molecule has 0 heterocycles. The largest absolute Gasteiger partial charge is 0.295 e. The fourth-order valence-corrected chi connectivity index (χ4v) is 2.89. The van der Waals surface area contributed by atoms with E-state index in [1.807, 2.05) is 6.92 Å². The van der Waals surface area contributed by atoms with Gasteiger partial charge in [0.05, 0.1) is 0 Å². The predicted molar refractivity (Wildman–Crippen MR) is 68.6 cm³/mol. The van der Waals surface area contributed by atoms with E-state index in [9.17, 15) is 4.79 Å². The van der Waals surface area contributed by atoms with Crippen molar-refractivity contribution in [3.63, 3.8) is 0 Å². The number of rotatable bonds is 2. The van der Waals surface area contributed by atoms with E-state index in [4.69, 9.17) is 0 Å². The molecule has 1 aliphatic rings. The molecule has 0 atom stereocenters. The van der Waals surface area contributed by atoms with Crippen LogP contribution in [0.2, 0.25) is 0 Å². The van der Waals surface area contributed by atoms with E-state index in [-0.39, 0.29) is 0 Å². The minimum absolute atomic E-state index is 0.320. The molecule has 0 aromatic heterocycles. The van der Waals surface area contributed by atoms with Crippen LogP contribution in [0, 0.1) is 6.92 Å². The second-order valence-electron chi connectivity index (χ2n) is 4.24. The van der Waals surface area contributed by atoms with E-state index in [2.05, 4.69) is 31.2 Å². The summed E-state index contributed by atoms with van der Waals surface area (Å²) in [4.78, 5) is 14.1. The molecule has 0 radical (unpaired) electrons. The van der Waals surface area contributed by atoms with Gasteiger partial charge in [0.2, 0.25) is 0 Å². The van der Waals surface area contributed by atoms with Crippen molar-refractivity contribution in [2.45, 2.75) is 38.0 Å². The van der Waals surface area contributed by atoms with Crippen LogP contribution in [0.15, 0.2) is 39.6 Å². The Kier molecular flexibility index (Phi) is 3.49. The van der Waals surface area contributed by atoms with Crippen LogP contribution in [0.1, 0.15) is 31.7 Å². The Labute approximate surface area is 101 Å². The van der Waals surface area contributed by atoms with E-state index in [0.717, 1.165) is 24.8 Å². The molecule has 0 N–H and O–H groups in total. The number of aryl methyl sites for hydroxylation is 1. The number of Topliss-reactive ketones (excluding diaryl/α,β-unsaturated/α-hetero) is 1. The fourth-order valence-electron chi connectivity index (χ4n) is 1.82. The number of allylic oxidation sites excluding steroid dienone is 2. The molecule has 84 valence electrons. The van der Waals surface area contributed by atoms with E-state index in [1.54, 1.807) is 11.8 Å². The first kappa shape index (κ1) is 11.5. The third kappa shape index (κ3) is 2.56. The van der Waals surface area contributed by atoms with Crippen LogP contribution in [0.3, 0.4) is 0 Å². The van der Waals surface area contributed by atoms with Gasteiger partial charge in [-0.25, -0.2) is 0 Å².